The Balaban J connectivity index is 1.89. The lowest BCUT2D eigenvalue weighted by atomic mass is 10.3. The van der Waals surface area contributed by atoms with Gasteiger partial charge in [0.25, 0.3) is 0 Å². The molecule has 0 bridgehead atoms. The van der Waals surface area contributed by atoms with Crippen molar-refractivity contribution in [3.63, 3.8) is 0 Å². The fourth-order valence-corrected chi connectivity index (χ4v) is 3.46. The summed E-state index contributed by atoms with van der Waals surface area (Å²) in [6, 6.07) is 8.93. The minimum atomic E-state index is -0.945. The number of carboxylic acids is 1. The Morgan fingerprint density at radius 3 is 2.75 bits per heavy atom. The molecular formula is C13H10BrNO3S2. The van der Waals surface area contributed by atoms with Crippen LogP contribution in [0.25, 0.3) is 0 Å². The number of carbonyl (C=O) groups excluding carboxylic acids is 1. The Bertz CT molecular complexity index is 642. The summed E-state index contributed by atoms with van der Waals surface area (Å²) < 4.78 is 0.821. The maximum atomic E-state index is 11.8. The molecule has 2 N–H and O–H groups in total. The number of carbonyl (C=O) groups is 2. The van der Waals surface area contributed by atoms with Gasteiger partial charge in [0.1, 0.15) is 4.88 Å². The van der Waals surface area contributed by atoms with Crippen molar-refractivity contribution in [2.75, 3.05) is 11.1 Å². The van der Waals surface area contributed by atoms with Crippen molar-refractivity contribution < 1.29 is 14.7 Å². The molecule has 0 saturated heterocycles. The largest absolute Gasteiger partial charge is 0.477 e. The third-order valence-electron chi connectivity index (χ3n) is 2.30. The second-order valence-electron chi connectivity index (χ2n) is 3.77. The number of rotatable bonds is 5. The number of aromatic carboxylic acids is 1. The first-order chi connectivity index (χ1) is 9.56. The van der Waals surface area contributed by atoms with E-state index in [1.165, 1.54) is 11.8 Å². The van der Waals surface area contributed by atoms with E-state index in [4.69, 9.17) is 5.11 Å². The summed E-state index contributed by atoms with van der Waals surface area (Å²) in [4.78, 5) is 23.6. The zero-order valence-electron chi connectivity index (χ0n) is 10.1. The van der Waals surface area contributed by atoms with Crippen molar-refractivity contribution in [1.82, 2.24) is 0 Å². The molecule has 1 aromatic carbocycles. The molecule has 104 valence electrons. The highest BCUT2D eigenvalue weighted by atomic mass is 79.9. The van der Waals surface area contributed by atoms with Crippen molar-refractivity contribution >= 4 is 56.6 Å². The molecule has 0 fully saturated rings. The van der Waals surface area contributed by atoms with Crippen molar-refractivity contribution in [3.05, 3.63) is 45.1 Å². The minimum Gasteiger partial charge on any atom is -0.477 e. The van der Waals surface area contributed by atoms with Gasteiger partial charge in [-0.3, -0.25) is 4.79 Å². The minimum absolute atomic E-state index is 0.134. The summed E-state index contributed by atoms with van der Waals surface area (Å²) >= 11 is 5.82. The van der Waals surface area contributed by atoms with E-state index in [1.807, 2.05) is 18.2 Å². The second kappa shape index (κ2) is 6.92. The normalized spacial score (nSPS) is 10.2. The molecule has 2 rings (SSSR count). The van der Waals surface area contributed by atoms with Gasteiger partial charge in [0.2, 0.25) is 5.91 Å². The molecule has 4 nitrogen and oxygen atoms in total. The van der Waals surface area contributed by atoms with Gasteiger partial charge in [-0.2, -0.15) is 0 Å². The summed E-state index contributed by atoms with van der Waals surface area (Å²) in [6.45, 7) is 0. The smallest absolute Gasteiger partial charge is 0.345 e. The SMILES string of the molecule is O=C(CSc1csc(C(=O)O)c1)Nc1ccccc1Br. The topological polar surface area (TPSA) is 66.4 Å². The lowest BCUT2D eigenvalue weighted by Gasteiger charge is -2.06. The fraction of sp³-hybridized carbons (Fsp3) is 0.0769. The highest BCUT2D eigenvalue weighted by molar-refractivity contribution is 9.10. The van der Waals surface area contributed by atoms with E-state index in [1.54, 1.807) is 17.5 Å². The molecule has 1 aromatic heterocycles. The molecule has 0 aliphatic heterocycles. The molecule has 7 heteroatoms. The van der Waals surface area contributed by atoms with Crippen LogP contribution in [0.15, 0.2) is 45.1 Å². The van der Waals surface area contributed by atoms with E-state index in [2.05, 4.69) is 21.2 Å². The lowest BCUT2D eigenvalue weighted by Crippen LogP contribution is -2.14. The molecular weight excluding hydrogens is 362 g/mol. The van der Waals surface area contributed by atoms with Crippen molar-refractivity contribution in [2.24, 2.45) is 0 Å². The zero-order chi connectivity index (χ0) is 14.5. The van der Waals surface area contributed by atoms with Gasteiger partial charge < -0.3 is 10.4 Å². The first-order valence-electron chi connectivity index (χ1n) is 5.55. The van der Waals surface area contributed by atoms with Crippen LogP contribution >= 0.6 is 39.0 Å². The molecule has 0 spiro atoms. The predicted octanol–water partition coefficient (Wildman–Crippen LogP) is 3.94. The van der Waals surface area contributed by atoms with Crippen LogP contribution in [0, 0.1) is 0 Å². The zero-order valence-corrected chi connectivity index (χ0v) is 13.3. The van der Waals surface area contributed by atoms with Crippen LogP contribution < -0.4 is 5.32 Å². The Labute approximate surface area is 132 Å². The number of para-hydroxylation sites is 1. The van der Waals surface area contributed by atoms with Crippen molar-refractivity contribution in [1.29, 1.82) is 0 Å². The van der Waals surface area contributed by atoms with E-state index in [9.17, 15) is 9.59 Å². The molecule has 0 aliphatic carbocycles. The summed E-state index contributed by atoms with van der Waals surface area (Å²) in [6.07, 6.45) is 0. The standard InChI is InChI=1S/C13H10BrNO3S2/c14-9-3-1-2-4-10(9)15-12(16)7-19-8-5-11(13(17)18)20-6-8/h1-6H,7H2,(H,15,16)(H,17,18). The Morgan fingerprint density at radius 1 is 1.35 bits per heavy atom. The molecule has 0 unspecified atom stereocenters. The van der Waals surface area contributed by atoms with Crippen LogP contribution in [0.1, 0.15) is 9.67 Å². The number of thioether (sulfide) groups is 1. The van der Waals surface area contributed by atoms with E-state index in [-0.39, 0.29) is 16.5 Å². The number of hydrogen-bond acceptors (Lipinski definition) is 4. The molecule has 1 heterocycles. The third kappa shape index (κ3) is 4.09. The van der Waals surface area contributed by atoms with Gasteiger partial charge in [0, 0.05) is 14.7 Å². The van der Waals surface area contributed by atoms with Crippen LogP contribution in [0.2, 0.25) is 0 Å². The van der Waals surface area contributed by atoms with Gasteiger partial charge >= 0.3 is 5.97 Å². The highest BCUT2D eigenvalue weighted by Crippen LogP contribution is 2.26. The van der Waals surface area contributed by atoms with E-state index in [0.29, 0.717) is 0 Å². The van der Waals surface area contributed by atoms with Crippen LogP contribution in [-0.4, -0.2) is 22.7 Å². The first-order valence-corrected chi connectivity index (χ1v) is 8.21. The van der Waals surface area contributed by atoms with Crippen molar-refractivity contribution in [3.8, 4) is 0 Å². The van der Waals surface area contributed by atoms with Crippen LogP contribution in [0.3, 0.4) is 0 Å². The van der Waals surface area contributed by atoms with E-state index >= 15 is 0 Å². The summed E-state index contributed by atoms with van der Waals surface area (Å²) in [5, 5.41) is 13.3. The number of carboxylic acid groups (broad SMARTS) is 1. The molecule has 0 aliphatic rings. The van der Waals surface area contributed by atoms with Crippen LogP contribution in [-0.2, 0) is 4.79 Å². The molecule has 20 heavy (non-hydrogen) atoms. The maximum Gasteiger partial charge on any atom is 0.345 e. The van der Waals surface area contributed by atoms with E-state index < -0.39 is 5.97 Å². The molecule has 0 radical (unpaired) electrons. The van der Waals surface area contributed by atoms with Gasteiger partial charge in [-0.25, -0.2) is 4.79 Å². The first kappa shape index (κ1) is 15.1. The average Bonchev–Trinajstić information content (AvgIpc) is 2.88. The van der Waals surface area contributed by atoms with Gasteiger partial charge in [0.15, 0.2) is 0 Å². The third-order valence-corrected chi connectivity index (χ3v) is 5.04. The summed E-state index contributed by atoms with van der Waals surface area (Å²) in [5.74, 6) is -0.846. The molecule has 1 amide bonds. The number of amides is 1. The highest BCUT2D eigenvalue weighted by Gasteiger charge is 2.09. The number of anilines is 1. The Kier molecular flexibility index (Phi) is 5.22. The average molecular weight is 372 g/mol. The summed E-state index contributed by atoms with van der Waals surface area (Å²) in [5.41, 5.74) is 0.717. The molecule has 2 aromatic rings. The Hall–Kier alpha value is -1.31. The number of thiophene rings is 1. The molecule has 0 saturated carbocycles. The Morgan fingerprint density at radius 2 is 2.10 bits per heavy atom. The number of halogens is 1. The summed E-state index contributed by atoms with van der Waals surface area (Å²) in [7, 11) is 0. The maximum absolute atomic E-state index is 11.8. The van der Waals surface area contributed by atoms with E-state index in [0.717, 1.165) is 26.4 Å². The monoisotopic (exact) mass is 371 g/mol. The van der Waals surface area contributed by atoms with Crippen LogP contribution in [0.5, 0.6) is 0 Å². The second-order valence-corrected chi connectivity index (χ2v) is 6.58. The number of nitrogens with one attached hydrogen (secondary N) is 1. The van der Waals surface area contributed by atoms with Crippen LogP contribution in [0.4, 0.5) is 5.69 Å². The number of hydrogen-bond donors (Lipinski definition) is 2. The van der Waals surface area contributed by atoms with Gasteiger partial charge in [-0.15, -0.1) is 23.1 Å². The predicted molar refractivity (Wildman–Crippen MR) is 84.8 cm³/mol. The van der Waals surface area contributed by atoms with Crippen molar-refractivity contribution in [2.45, 2.75) is 4.90 Å². The van der Waals surface area contributed by atoms with Gasteiger partial charge in [-0.1, -0.05) is 12.1 Å². The quantitative estimate of drug-likeness (QED) is 0.781. The molecule has 0 atom stereocenters. The van der Waals surface area contributed by atoms with Gasteiger partial charge in [-0.05, 0) is 34.1 Å². The van der Waals surface area contributed by atoms with Gasteiger partial charge in [0.05, 0.1) is 11.4 Å². The lowest BCUT2D eigenvalue weighted by molar-refractivity contribution is -0.113. The number of benzene rings is 1. The fourth-order valence-electron chi connectivity index (χ4n) is 1.40.